The topological polar surface area (TPSA) is 9.23 Å². The number of rotatable bonds is 9. The van der Waals surface area contributed by atoms with Crippen LogP contribution in [0.3, 0.4) is 0 Å². The van der Waals surface area contributed by atoms with Crippen LogP contribution in [0.15, 0.2) is 30.3 Å². The summed E-state index contributed by atoms with van der Waals surface area (Å²) in [5.41, 5.74) is 4.10. The Labute approximate surface area is 132 Å². The molecule has 118 valence electrons. The van der Waals surface area contributed by atoms with Gasteiger partial charge in [-0.3, -0.25) is 0 Å². The van der Waals surface area contributed by atoms with Gasteiger partial charge in [0.25, 0.3) is 0 Å². The lowest BCUT2D eigenvalue weighted by atomic mass is 10.0. The van der Waals surface area contributed by atoms with E-state index in [0.717, 1.165) is 19.4 Å². The molecule has 1 nitrogen and oxygen atoms in total. The first-order valence-electron chi connectivity index (χ1n) is 8.50. The highest BCUT2D eigenvalue weighted by Gasteiger charge is 2.28. The third-order valence-corrected chi connectivity index (χ3v) is 9.27. The average molecular weight is 305 g/mol. The van der Waals surface area contributed by atoms with Gasteiger partial charge in [0.05, 0.1) is 0 Å². The number of hydrogen-bond donors (Lipinski definition) is 0. The molecule has 0 aliphatic carbocycles. The van der Waals surface area contributed by atoms with Crippen LogP contribution in [0.1, 0.15) is 51.7 Å². The summed E-state index contributed by atoms with van der Waals surface area (Å²) in [6.45, 7) is 12.1. The van der Waals surface area contributed by atoms with Gasteiger partial charge in [0.2, 0.25) is 0 Å². The molecule has 1 aromatic carbocycles. The molecule has 1 aromatic rings. The summed E-state index contributed by atoms with van der Waals surface area (Å²) in [6, 6.07) is 12.6. The molecule has 0 fully saturated rings. The zero-order chi connectivity index (χ0) is 15.7. The van der Waals surface area contributed by atoms with E-state index < -0.39 is 8.32 Å². The van der Waals surface area contributed by atoms with Crippen molar-refractivity contribution in [2.45, 2.75) is 65.6 Å². The van der Waals surface area contributed by atoms with Crippen LogP contribution in [0, 0.1) is 6.92 Å². The van der Waals surface area contributed by atoms with Crippen molar-refractivity contribution in [2.24, 2.45) is 0 Å². The van der Waals surface area contributed by atoms with Crippen molar-refractivity contribution in [1.29, 1.82) is 0 Å². The van der Waals surface area contributed by atoms with Crippen LogP contribution in [-0.4, -0.2) is 14.9 Å². The average Bonchev–Trinajstić information content (AvgIpc) is 2.52. The van der Waals surface area contributed by atoms with Gasteiger partial charge in [-0.25, -0.2) is 0 Å². The van der Waals surface area contributed by atoms with Crippen LogP contribution in [0.5, 0.6) is 0 Å². The Kier molecular flexibility index (Phi) is 7.98. The van der Waals surface area contributed by atoms with Crippen LogP contribution < -0.4 is 0 Å². The molecule has 0 unspecified atom stereocenters. The van der Waals surface area contributed by atoms with Gasteiger partial charge in [0.15, 0.2) is 8.32 Å². The van der Waals surface area contributed by atoms with Crippen molar-refractivity contribution in [2.75, 3.05) is 6.61 Å². The molecular weight excluding hydrogens is 272 g/mol. The molecule has 0 atom stereocenters. The van der Waals surface area contributed by atoms with E-state index in [1.807, 2.05) is 0 Å². The molecule has 0 saturated heterocycles. The maximum absolute atomic E-state index is 6.40. The Balaban J connectivity index is 2.68. The standard InChI is InChI=1S/C19H32OSi/c1-6-10-18(19-13-11-17(5)12-14-19)15-16-20-21(7-2,8-3)9-4/h10-14H,6-9,15-16H2,1-5H3/b18-10-. The maximum atomic E-state index is 6.40. The summed E-state index contributed by atoms with van der Waals surface area (Å²) in [5.74, 6) is 0. The van der Waals surface area contributed by atoms with Crippen LogP contribution in [-0.2, 0) is 4.43 Å². The van der Waals surface area contributed by atoms with E-state index in [1.165, 1.54) is 34.8 Å². The lowest BCUT2D eigenvalue weighted by Gasteiger charge is -2.28. The Bertz CT molecular complexity index is 421. The molecule has 0 amide bonds. The first kappa shape index (κ1) is 18.2. The zero-order valence-electron chi connectivity index (χ0n) is 14.5. The van der Waals surface area contributed by atoms with Crippen molar-refractivity contribution >= 4 is 13.9 Å². The predicted molar refractivity (Wildman–Crippen MR) is 97.2 cm³/mol. The van der Waals surface area contributed by atoms with Crippen molar-refractivity contribution in [1.82, 2.24) is 0 Å². The molecule has 0 aliphatic heterocycles. The fourth-order valence-corrected chi connectivity index (χ4v) is 5.46. The number of aryl methyl sites for hydroxylation is 1. The third kappa shape index (κ3) is 5.44. The fourth-order valence-electron chi connectivity index (χ4n) is 2.81. The SMILES string of the molecule is CC/C=C(/CCO[Si](CC)(CC)CC)c1ccc(C)cc1. The lowest BCUT2D eigenvalue weighted by molar-refractivity contribution is 0.308. The van der Waals surface area contributed by atoms with Crippen molar-refractivity contribution in [3.8, 4) is 0 Å². The second-order valence-electron chi connectivity index (χ2n) is 5.85. The van der Waals surface area contributed by atoms with Gasteiger partial charge in [-0.1, -0.05) is 63.6 Å². The Morgan fingerprint density at radius 1 is 1.00 bits per heavy atom. The van der Waals surface area contributed by atoms with Gasteiger partial charge < -0.3 is 4.43 Å². The first-order chi connectivity index (χ1) is 10.1. The largest absolute Gasteiger partial charge is 0.416 e. The molecule has 0 saturated carbocycles. The molecule has 0 radical (unpaired) electrons. The highest BCUT2D eigenvalue weighted by atomic mass is 28.4. The van der Waals surface area contributed by atoms with Gasteiger partial charge >= 0.3 is 0 Å². The normalized spacial score (nSPS) is 12.7. The first-order valence-corrected chi connectivity index (χ1v) is 11.0. The summed E-state index contributed by atoms with van der Waals surface area (Å²) in [5, 5.41) is 0. The van der Waals surface area contributed by atoms with Crippen molar-refractivity contribution < 1.29 is 4.43 Å². The smallest absolute Gasteiger partial charge is 0.191 e. The van der Waals surface area contributed by atoms with Crippen LogP contribution >= 0.6 is 0 Å². The minimum atomic E-state index is -1.44. The predicted octanol–water partition coefficient (Wildman–Crippen LogP) is 6.20. The summed E-state index contributed by atoms with van der Waals surface area (Å²) in [7, 11) is -1.44. The van der Waals surface area contributed by atoms with Crippen LogP contribution in [0.4, 0.5) is 0 Å². The van der Waals surface area contributed by atoms with Gasteiger partial charge in [-0.15, -0.1) is 0 Å². The summed E-state index contributed by atoms with van der Waals surface area (Å²) >= 11 is 0. The van der Waals surface area contributed by atoms with E-state index in [4.69, 9.17) is 4.43 Å². The Morgan fingerprint density at radius 3 is 2.05 bits per heavy atom. The van der Waals surface area contributed by atoms with Gasteiger partial charge in [-0.05, 0) is 49.0 Å². The van der Waals surface area contributed by atoms with Gasteiger partial charge in [0.1, 0.15) is 0 Å². The molecular formula is C19H32OSi. The second kappa shape index (κ2) is 9.21. The highest BCUT2D eigenvalue weighted by Crippen LogP contribution is 2.24. The molecule has 0 spiro atoms. The minimum Gasteiger partial charge on any atom is -0.416 e. The van der Waals surface area contributed by atoms with Gasteiger partial charge in [0, 0.05) is 6.61 Å². The van der Waals surface area contributed by atoms with E-state index in [0.29, 0.717) is 0 Å². The Morgan fingerprint density at radius 2 is 1.57 bits per heavy atom. The van der Waals surface area contributed by atoms with E-state index in [-0.39, 0.29) is 0 Å². The quantitative estimate of drug-likeness (QED) is 0.493. The highest BCUT2D eigenvalue weighted by molar-refractivity contribution is 6.73. The molecule has 21 heavy (non-hydrogen) atoms. The number of allylic oxidation sites excluding steroid dienone is 1. The molecule has 0 heterocycles. The summed E-state index contributed by atoms with van der Waals surface area (Å²) in [6.07, 6.45) is 4.47. The lowest BCUT2D eigenvalue weighted by Crippen LogP contribution is -2.36. The number of benzene rings is 1. The van der Waals surface area contributed by atoms with E-state index in [2.05, 4.69) is 65.0 Å². The maximum Gasteiger partial charge on any atom is 0.191 e. The molecule has 0 aliphatic rings. The van der Waals surface area contributed by atoms with Crippen molar-refractivity contribution in [3.05, 3.63) is 41.5 Å². The minimum absolute atomic E-state index is 0.876. The second-order valence-corrected chi connectivity index (χ2v) is 10.6. The van der Waals surface area contributed by atoms with Gasteiger partial charge in [-0.2, -0.15) is 0 Å². The summed E-state index contributed by atoms with van der Waals surface area (Å²) in [4.78, 5) is 0. The molecule has 2 heteroatoms. The molecule has 0 bridgehead atoms. The van der Waals surface area contributed by atoms with E-state index >= 15 is 0 Å². The molecule has 1 rings (SSSR count). The zero-order valence-corrected chi connectivity index (χ0v) is 15.5. The molecule has 0 aromatic heterocycles. The van der Waals surface area contributed by atoms with Crippen molar-refractivity contribution in [3.63, 3.8) is 0 Å². The van der Waals surface area contributed by atoms with E-state index in [1.54, 1.807) is 0 Å². The monoisotopic (exact) mass is 304 g/mol. The summed E-state index contributed by atoms with van der Waals surface area (Å²) < 4.78 is 6.40. The fraction of sp³-hybridized carbons (Fsp3) is 0.579. The third-order valence-electron chi connectivity index (χ3n) is 4.59. The van der Waals surface area contributed by atoms with E-state index in [9.17, 15) is 0 Å². The Hall–Kier alpha value is -0.863. The molecule has 0 N–H and O–H groups in total. The number of hydrogen-bond acceptors (Lipinski definition) is 1. The van der Waals surface area contributed by atoms with Crippen LogP contribution in [0.2, 0.25) is 18.1 Å². The van der Waals surface area contributed by atoms with Crippen LogP contribution in [0.25, 0.3) is 5.57 Å².